The molecule has 3 rings (SSSR count). The van der Waals surface area contributed by atoms with Crippen LogP contribution in [0.25, 0.3) is 11.4 Å². The van der Waals surface area contributed by atoms with Gasteiger partial charge in [-0.1, -0.05) is 65.8 Å². The molecule has 1 amide bonds. The number of phenolic OH excluding ortho intramolecular Hbond substituents is 1. The van der Waals surface area contributed by atoms with E-state index in [2.05, 4.69) is 51.9 Å². The molecule has 0 bridgehead atoms. The van der Waals surface area contributed by atoms with Crippen LogP contribution in [0.1, 0.15) is 25.3 Å². The summed E-state index contributed by atoms with van der Waals surface area (Å²) < 4.78 is 2.65. The van der Waals surface area contributed by atoms with E-state index >= 15 is 0 Å². The summed E-state index contributed by atoms with van der Waals surface area (Å²) in [6.45, 7) is 8.43. The number of carbonyl (C=O) groups excluding carboxylic acids is 1. The van der Waals surface area contributed by atoms with E-state index in [1.54, 1.807) is 24.3 Å². The molecule has 8 heteroatoms. The second-order valence-corrected chi connectivity index (χ2v) is 8.80. The third-order valence-electron chi connectivity index (χ3n) is 4.42. The number of amides is 1. The van der Waals surface area contributed by atoms with Crippen LogP contribution in [0.2, 0.25) is 0 Å². The number of rotatable bonds is 8. The number of thioether (sulfide) groups is 1. The second-order valence-electron chi connectivity index (χ2n) is 6.95. The number of hydrogen-bond donors (Lipinski definition) is 2. The third-order valence-corrected chi connectivity index (χ3v) is 5.88. The maximum absolute atomic E-state index is 12.5. The molecule has 1 heterocycles. The van der Waals surface area contributed by atoms with E-state index in [0.29, 0.717) is 29.0 Å². The second kappa shape index (κ2) is 9.95. The zero-order chi connectivity index (χ0) is 21.7. The van der Waals surface area contributed by atoms with Gasteiger partial charge in [-0.25, -0.2) is 0 Å². The van der Waals surface area contributed by atoms with Crippen LogP contribution in [-0.2, 0) is 11.3 Å². The van der Waals surface area contributed by atoms with E-state index in [-0.39, 0.29) is 17.4 Å². The summed E-state index contributed by atoms with van der Waals surface area (Å²) in [6, 6.07) is 12.9. The van der Waals surface area contributed by atoms with Gasteiger partial charge in [0.2, 0.25) is 5.91 Å². The predicted molar refractivity (Wildman–Crippen MR) is 125 cm³/mol. The van der Waals surface area contributed by atoms with E-state index in [9.17, 15) is 9.90 Å². The zero-order valence-corrected chi connectivity index (χ0v) is 19.2. The van der Waals surface area contributed by atoms with Crippen molar-refractivity contribution in [3.05, 3.63) is 65.2 Å². The van der Waals surface area contributed by atoms with Crippen LogP contribution in [0.15, 0.2) is 64.7 Å². The smallest absolute Gasteiger partial charge is 0.234 e. The zero-order valence-electron chi connectivity index (χ0n) is 16.8. The SMILES string of the molecule is C=CCn1c(SCC(=O)Nc2ccccc2C(C)C)nnc1-c1cc(Br)ccc1O. The summed E-state index contributed by atoms with van der Waals surface area (Å²) in [5.41, 5.74) is 2.48. The molecule has 2 N–H and O–H groups in total. The van der Waals surface area contributed by atoms with Gasteiger partial charge in [-0.15, -0.1) is 16.8 Å². The summed E-state index contributed by atoms with van der Waals surface area (Å²) in [5, 5.41) is 22.3. The fourth-order valence-corrected chi connectivity index (χ4v) is 4.12. The number of carbonyl (C=O) groups is 1. The van der Waals surface area contributed by atoms with Crippen molar-refractivity contribution in [2.45, 2.75) is 31.5 Å². The highest BCUT2D eigenvalue weighted by Crippen LogP contribution is 2.33. The van der Waals surface area contributed by atoms with Gasteiger partial charge >= 0.3 is 0 Å². The minimum atomic E-state index is -0.117. The molecule has 2 aromatic carbocycles. The molecule has 3 aromatic rings. The van der Waals surface area contributed by atoms with Crippen LogP contribution in [0.3, 0.4) is 0 Å². The molecule has 0 aliphatic rings. The first-order valence-corrected chi connectivity index (χ1v) is 11.2. The molecule has 1 aromatic heterocycles. The number of halogens is 1. The Morgan fingerprint density at radius 2 is 2.07 bits per heavy atom. The van der Waals surface area contributed by atoms with Crippen molar-refractivity contribution in [2.75, 3.05) is 11.1 Å². The van der Waals surface area contributed by atoms with Crippen LogP contribution in [0.4, 0.5) is 5.69 Å². The number of aromatic nitrogens is 3. The van der Waals surface area contributed by atoms with Gasteiger partial charge in [-0.2, -0.15) is 0 Å². The predicted octanol–water partition coefficient (Wildman–Crippen LogP) is 5.45. The van der Waals surface area contributed by atoms with Crippen molar-refractivity contribution in [1.82, 2.24) is 14.8 Å². The number of benzene rings is 2. The molecule has 6 nitrogen and oxygen atoms in total. The van der Waals surface area contributed by atoms with Gasteiger partial charge in [0, 0.05) is 16.7 Å². The average Bonchev–Trinajstić information content (AvgIpc) is 3.11. The van der Waals surface area contributed by atoms with Crippen LogP contribution < -0.4 is 5.32 Å². The Balaban J connectivity index is 1.77. The monoisotopic (exact) mass is 486 g/mol. The Hall–Kier alpha value is -2.58. The minimum Gasteiger partial charge on any atom is -0.507 e. The quantitative estimate of drug-likeness (QED) is 0.326. The van der Waals surface area contributed by atoms with Gasteiger partial charge in [0.15, 0.2) is 11.0 Å². The summed E-state index contributed by atoms with van der Waals surface area (Å²) in [4.78, 5) is 12.5. The van der Waals surface area contributed by atoms with Gasteiger partial charge in [-0.3, -0.25) is 9.36 Å². The Kier molecular flexibility index (Phi) is 7.33. The molecule has 0 unspecified atom stereocenters. The Labute approximate surface area is 188 Å². The average molecular weight is 487 g/mol. The first kappa shape index (κ1) is 22.1. The van der Waals surface area contributed by atoms with E-state index in [1.807, 2.05) is 28.8 Å². The first-order chi connectivity index (χ1) is 14.4. The lowest BCUT2D eigenvalue weighted by atomic mass is 10.0. The van der Waals surface area contributed by atoms with E-state index < -0.39 is 0 Å². The molecule has 0 aliphatic carbocycles. The van der Waals surface area contributed by atoms with Gasteiger partial charge < -0.3 is 10.4 Å². The summed E-state index contributed by atoms with van der Waals surface area (Å²) in [5.74, 6) is 1.00. The molecule has 156 valence electrons. The molecule has 30 heavy (non-hydrogen) atoms. The van der Waals surface area contributed by atoms with Gasteiger partial charge in [0.05, 0.1) is 11.3 Å². The molecule has 0 radical (unpaired) electrons. The number of nitrogens with zero attached hydrogens (tertiary/aromatic N) is 3. The lowest BCUT2D eigenvalue weighted by molar-refractivity contribution is -0.113. The highest BCUT2D eigenvalue weighted by Gasteiger charge is 2.18. The van der Waals surface area contributed by atoms with Crippen molar-refractivity contribution >= 4 is 39.3 Å². The molecule has 0 saturated carbocycles. The highest BCUT2D eigenvalue weighted by molar-refractivity contribution is 9.10. The Morgan fingerprint density at radius 3 is 2.80 bits per heavy atom. The maximum Gasteiger partial charge on any atom is 0.234 e. The summed E-state index contributed by atoms with van der Waals surface area (Å²) in [7, 11) is 0. The molecule has 0 spiro atoms. The maximum atomic E-state index is 12.5. The van der Waals surface area contributed by atoms with Crippen molar-refractivity contribution < 1.29 is 9.90 Å². The van der Waals surface area contributed by atoms with Gasteiger partial charge in [0.25, 0.3) is 0 Å². The fourth-order valence-electron chi connectivity index (χ4n) is 3.01. The summed E-state index contributed by atoms with van der Waals surface area (Å²) in [6.07, 6.45) is 1.73. The minimum absolute atomic E-state index is 0.107. The number of allylic oxidation sites excluding steroid dienone is 1. The molecule has 0 saturated heterocycles. The van der Waals surface area contributed by atoms with E-state index in [0.717, 1.165) is 15.7 Å². The lowest BCUT2D eigenvalue weighted by Crippen LogP contribution is -2.16. The topological polar surface area (TPSA) is 80.0 Å². The van der Waals surface area contributed by atoms with Crippen molar-refractivity contribution in [3.63, 3.8) is 0 Å². The van der Waals surface area contributed by atoms with Crippen LogP contribution >= 0.6 is 27.7 Å². The standard InChI is InChI=1S/C22H23BrN4O2S/c1-4-11-27-21(17-12-15(23)9-10-19(17)28)25-26-22(27)30-13-20(29)24-18-8-6-5-7-16(18)14(2)3/h4-10,12,14,28H,1,11,13H2,2-3H3,(H,24,29). The van der Waals surface area contributed by atoms with Crippen LogP contribution in [-0.4, -0.2) is 31.5 Å². The van der Waals surface area contributed by atoms with Crippen molar-refractivity contribution in [2.24, 2.45) is 0 Å². The van der Waals surface area contributed by atoms with E-state index in [1.165, 1.54) is 11.8 Å². The van der Waals surface area contributed by atoms with Crippen LogP contribution in [0.5, 0.6) is 5.75 Å². The van der Waals surface area contributed by atoms with Crippen LogP contribution in [0, 0.1) is 0 Å². The molecular weight excluding hydrogens is 464 g/mol. The fraction of sp³-hybridized carbons (Fsp3) is 0.227. The number of phenols is 1. The molecular formula is C22H23BrN4O2S. The number of nitrogens with one attached hydrogen (secondary N) is 1. The Morgan fingerprint density at radius 1 is 1.30 bits per heavy atom. The number of hydrogen-bond acceptors (Lipinski definition) is 5. The van der Waals surface area contributed by atoms with Crippen molar-refractivity contribution in [1.29, 1.82) is 0 Å². The molecule has 0 atom stereocenters. The highest BCUT2D eigenvalue weighted by atomic mass is 79.9. The van der Waals surface area contributed by atoms with Gasteiger partial charge in [-0.05, 0) is 35.7 Å². The first-order valence-electron chi connectivity index (χ1n) is 9.45. The lowest BCUT2D eigenvalue weighted by Gasteiger charge is -2.13. The summed E-state index contributed by atoms with van der Waals surface area (Å²) >= 11 is 4.70. The number of aromatic hydroxyl groups is 1. The van der Waals surface area contributed by atoms with Gasteiger partial charge in [0.1, 0.15) is 5.75 Å². The Bertz CT molecular complexity index is 1070. The molecule has 0 fully saturated rings. The number of anilines is 1. The number of para-hydroxylation sites is 1. The van der Waals surface area contributed by atoms with E-state index in [4.69, 9.17) is 0 Å². The largest absolute Gasteiger partial charge is 0.507 e. The third kappa shape index (κ3) is 5.12. The van der Waals surface area contributed by atoms with Crippen molar-refractivity contribution in [3.8, 4) is 17.1 Å². The normalized spacial score (nSPS) is 10.9. The molecule has 0 aliphatic heterocycles.